The lowest BCUT2D eigenvalue weighted by atomic mass is 10.3. The molecule has 0 aliphatic carbocycles. The van der Waals surface area contributed by atoms with Gasteiger partial charge in [-0.05, 0) is 0 Å². The summed E-state index contributed by atoms with van der Waals surface area (Å²) < 4.78 is 4.79. The fourth-order valence-corrected chi connectivity index (χ4v) is 1.04. The molecule has 14 heavy (non-hydrogen) atoms. The third kappa shape index (κ3) is 4.04. The maximum atomic E-state index is 11.1. The number of carbonyl (C=O) groups is 1. The Morgan fingerprint density at radius 2 is 2.57 bits per heavy atom. The number of ether oxygens (including phenoxy) is 1. The van der Waals surface area contributed by atoms with Crippen molar-refractivity contribution in [1.82, 2.24) is 15.3 Å². The molecule has 0 bridgehead atoms. The number of hydrogen-bond acceptors (Lipinski definition) is 3. The summed E-state index contributed by atoms with van der Waals surface area (Å²) in [6.07, 6.45) is 4.57. The van der Waals surface area contributed by atoms with E-state index >= 15 is 0 Å². The Hall–Kier alpha value is -1.36. The minimum absolute atomic E-state index is 0.0198. The second-order valence-corrected chi connectivity index (χ2v) is 2.92. The minimum atomic E-state index is 0.0198. The summed E-state index contributed by atoms with van der Waals surface area (Å²) in [6, 6.07) is 0. The van der Waals surface area contributed by atoms with Crippen LogP contribution in [0.5, 0.6) is 0 Å². The number of imidazole rings is 1. The van der Waals surface area contributed by atoms with Gasteiger partial charge in [-0.1, -0.05) is 0 Å². The van der Waals surface area contributed by atoms with E-state index in [9.17, 15) is 4.79 Å². The molecule has 1 aromatic heterocycles. The van der Waals surface area contributed by atoms with Crippen molar-refractivity contribution in [2.45, 2.75) is 12.8 Å². The molecule has 78 valence electrons. The first kappa shape index (κ1) is 10.7. The lowest BCUT2D eigenvalue weighted by Crippen LogP contribution is -2.26. The van der Waals surface area contributed by atoms with Crippen molar-refractivity contribution < 1.29 is 9.53 Å². The van der Waals surface area contributed by atoms with Crippen LogP contribution in [0.3, 0.4) is 0 Å². The van der Waals surface area contributed by atoms with E-state index in [1.807, 2.05) is 0 Å². The Bertz CT molecular complexity index is 259. The third-order valence-electron chi connectivity index (χ3n) is 1.80. The molecule has 1 heterocycles. The highest BCUT2D eigenvalue weighted by Gasteiger charge is 2.00. The van der Waals surface area contributed by atoms with Crippen LogP contribution >= 0.6 is 0 Å². The molecule has 1 rings (SSSR count). The van der Waals surface area contributed by atoms with Gasteiger partial charge in [0.15, 0.2) is 0 Å². The van der Waals surface area contributed by atoms with Gasteiger partial charge in [0.1, 0.15) is 0 Å². The van der Waals surface area contributed by atoms with E-state index in [1.54, 1.807) is 19.6 Å². The molecule has 0 saturated heterocycles. The molecule has 0 aliphatic rings. The molecule has 0 saturated carbocycles. The second-order valence-electron chi connectivity index (χ2n) is 2.92. The Morgan fingerprint density at radius 3 is 3.21 bits per heavy atom. The van der Waals surface area contributed by atoms with Crippen molar-refractivity contribution in [1.29, 1.82) is 0 Å². The minimum Gasteiger partial charge on any atom is -0.384 e. The fourth-order valence-electron chi connectivity index (χ4n) is 1.04. The highest BCUT2D eigenvalue weighted by Crippen LogP contribution is 1.90. The maximum Gasteiger partial charge on any atom is 0.222 e. The predicted octanol–water partition coefficient (Wildman–Crippen LogP) is 0.105. The van der Waals surface area contributed by atoms with Gasteiger partial charge in [0.05, 0.1) is 12.9 Å². The summed E-state index contributed by atoms with van der Waals surface area (Å²) in [5.41, 5.74) is 1.03. The molecular weight excluding hydrogens is 182 g/mol. The zero-order valence-corrected chi connectivity index (χ0v) is 8.25. The molecule has 1 amide bonds. The zero-order chi connectivity index (χ0) is 10.2. The molecule has 5 nitrogen and oxygen atoms in total. The molecule has 0 atom stereocenters. The normalized spacial score (nSPS) is 10.1. The fraction of sp³-hybridized carbons (Fsp3) is 0.556. The zero-order valence-electron chi connectivity index (χ0n) is 8.25. The molecule has 0 fully saturated rings. The Morgan fingerprint density at radius 1 is 1.71 bits per heavy atom. The number of hydrogen-bond donors (Lipinski definition) is 2. The summed E-state index contributed by atoms with van der Waals surface area (Å²) in [5, 5.41) is 2.79. The van der Waals surface area contributed by atoms with Crippen molar-refractivity contribution in [3.05, 3.63) is 18.2 Å². The van der Waals surface area contributed by atoms with E-state index in [-0.39, 0.29) is 5.91 Å². The average molecular weight is 197 g/mol. The number of nitrogens with zero attached hydrogens (tertiary/aromatic N) is 1. The van der Waals surface area contributed by atoms with E-state index < -0.39 is 0 Å². The van der Waals surface area contributed by atoms with E-state index in [4.69, 9.17) is 4.74 Å². The van der Waals surface area contributed by atoms with E-state index in [0.717, 1.165) is 12.1 Å². The molecule has 0 radical (unpaired) electrons. The smallest absolute Gasteiger partial charge is 0.222 e. The van der Waals surface area contributed by atoms with Crippen LogP contribution in [-0.4, -0.2) is 36.1 Å². The Balaban J connectivity index is 2.06. The molecule has 0 aliphatic heterocycles. The lowest BCUT2D eigenvalue weighted by Gasteiger charge is -2.03. The summed E-state index contributed by atoms with van der Waals surface area (Å²) in [6.45, 7) is 1.10. The van der Waals surface area contributed by atoms with Crippen LogP contribution < -0.4 is 5.32 Å². The van der Waals surface area contributed by atoms with Gasteiger partial charge in [0.2, 0.25) is 5.91 Å². The van der Waals surface area contributed by atoms with Crippen molar-refractivity contribution in [3.63, 3.8) is 0 Å². The summed E-state index contributed by atoms with van der Waals surface area (Å²) in [5.74, 6) is 0.0198. The van der Waals surface area contributed by atoms with E-state index in [0.29, 0.717) is 19.6 Å². The number of aromatic amines is 1. The van der Waals surface area contributed by atoms with Gasteiger partial charge in [0.25, 0.3) is 0 Å². The third-order valence-corrected chi connectivity index (χ3v) is 1.80. The summed E-state index contributed by atoms with van der Waals surface area (Å²) in [4.78, 5) is 18.0. The Kier molecular flexibility index (Phi) is 4.71. The van der Waals surface area contributed by atoms with Crippen molar-refractivity contribution in [2.75, 3.05) is 20.3 Å². The van der Waals surface area contributed by atoms with Gasteiger partial charge >= 0.3 is 0 Å². The van der Waals surface area contributed by atoms with Gasteiger partial charge in [-0.15, -0.1) is 0 Å². The molecule has 0 aromatic carbocycles. The number of nitrogens with one attached hydrogen (secondary N) is 2. The molecule has 0 spiro atoms. The van der Waals surface area contributed by atoms with Crippen LogP contribution in [0.1, 0.15) is 12.1 Å². The monoisotopic (exact) mass is 197 g/mol. The van der Waals surface area contributed by atoms with Gasteiger partial charge in [-0.25, -0.2) is 4.98 Å². The molecular formula is C9H15N3O2. The van der Waals surface area contributed by atoms with E-state index in [2.05, 4.69) is 15.3 Å². The largest absolute Gasteiger partial charge is 0.384 e. The predicted molar refractivity (Wildman–Crippen MR) is 51.8 cm³/mol. The van der Waals surface area contributed by atoms with Gasteiger partial charge in [-0.2, -0.15) is 0 Å². The van der Waals surface area contributed by atoms with Crippen molar-refractivity contribution in [2.24, 2.45) is 0 Å². The van der Waals surface area contributed by atoms with Gasteiger partial charge in [-0.3, -0.25) is 4.79 Å². The highest BCUT2D eigenvalue weighted by molar-refractivity contribution is 5.75. The number of H-pyrrole nitrogens is 1. The van der Waals surface area contributed by atoms with Crippen LogP contribution in [0.2, 0.25) is 0 Å². The van der Waals surface area contributed by atoms with Crippen molar-refractivity contribution in [3.8, 4) is 0 Å². The van der Waals surface area contributed by atoms with Crippen LogP contribution in [0.4, 0.5) is 0 Å². The highest BCUT2D eigenvalue weighted by atomic mass is 16.5. The van der Waals surface area contributed by atoms with Gasteiger partial charge in [0, 0.05) is 38.4 Å². The number of aromatic nitrogens is 2. The SMILES string of the molecule is COCCC(=O)NCCc1cnc[nH]1. The molecule has 5 heteroatoms. The van der Waals surface area contributed by atoms with Crippen molar-refractivity contribution >= 4 is 5.91 Å². The van der Waals surface area contributed by atoms with Crippen LogP contribution in [0, 0.1) is 0 Å². The van der Waals surface area contributed by atoms with Gasteiger partial charge < -0.3 is 15.0 Å². The number of amides is 1. The topological polar surface area (TPSA) is 67.0 Å². The molecule has 1 aromatic rings. The second kappa shape index (κ2) is 6.15. The first-order valence-electron chi connectivity index (χ1n) is 4.56. The molecule has 2 N–H and O–H groups in total. The van der Waals surface area contributed by atoms with Crippen LogP contribution in [0.25, 0.3) is 0 Å². The molecule has 0 unspecified atom stereocenters. The number of carbonyl (C=O) groups excluding carboxylic acids is 1. The maximum absolute atomic E-state index is 11.1. The van der Waals surface area contributed by atoms with Crippen LogP contribution in [0.15, 0.2) is 12.5 Å². The first-order valence-corrected chi connectivity index (χ1v) is 4.56. The Labute approximate surface area is 82.9 Å². The number of methoxy groups -OCH3 is 1. The summed E-state index contributed by atoms with van der Waals surface area (Å²) >= 11 is 0. The quantitative estimate of drug-likeness (QED) is 0.680. The lowest BCUT2D eigenvalue weighted by molar-refractivity contribution is -0.121. The number of rotatable bonds is 6. The summed E-state index contributed by atoms with van der Waals surface area (Å²) in [7, 11) is 1.58. The van der Waals surface area contributed by atoms with Crippen LogP contribution in [-0.2, 0) is 16.0 Å². The standard InChI is InChI=1S/C9H15N3O2/c1-14-5-3-9(13)11-4-2-8-6-10-7-12-8/h6-7H,2-5H2,1H3,(H,10,12)(H,11,13). The average Bonchev–Trinajstić information content (AvgIpc) is 2.67. The van der Waals surface area contributed by atoms with E-state index in [1.165, 1.54) is 0 Å². The first-order chi connectivity index (χ1) is 6.83.